The molecule has 0 bridgehead atoms. The van der Waals surface area contributed by atoms with Gasteiger partial charge in [-0.25, -0.2) is 17.8 Å². The van der Waals surface area contributed by atoms with Crippen molar-refractivity contribution in [3.63, 3.8) is 0 Å². The lowest BCUT2D eigenvalue weighted by molar-refractivity contribution is -0.142. The van der Waals surface area contributed by atoms with Gasteiger partial charge in [0, 0.05) is 32.7 Å². The van der Waals surface area contributed by atoms with Gasteiger partial charge in [0.15, 0.2) is 26.3 Å². The topological polar surface area (TPSA) is 131 Å². The molecule has 0 spiro atoms. The second-order valence-electron chi connectivity index (χ2n) is 11.3. The summed E-state index contributed by atoms with van der Waals surface area (Å²) >= 11 is 0.971. The number of hydrogen-bond acceptors (Lipinski definition) is 11. The monoisotopic (exact) mass is 750 g/mol. The maximum absolute atomic E-state index is 13.1. The Morgan fingerprint density at radius 2 is 1.23 bits per heavy atom. The van der Waals surface area contributed by atoms with Gasteiger partial charge in [-0.2, -0.15) is 54.1 Å². The molecule has 0 N–H and O–H groups in total. The molecule has 0 aliphatic carbocycles. The van der Waals surface area contributed by atoms with E-state index in [-0.39, 0.29) is 12.2 Å². The van der Waals surface area contributed by atoms with Crippen LogP contribution >= 0.6 is 11.8 Å². The third-order valence-corrected chi connectivity index (χ3v) is 8.72. The molecular formula is C24H28F10N6O6S2. The zero-order valence-electron chi connectivity index (χ0n) is 25.7. The maximum atomic E-state index is 13.1. The van der Waals surface area contributed by atoms with Gasteiger partial charge in [0.1, 0.15) is 16.2 Å². The van der Waals surface area contributed by atoms with Crippen LogP contribution in [0.4, 0.5) is 43.9 Å². The Morgan fingerprint density at radius 1 is 0.792 bits per heavy atom. The summed E-state index contributed by atoms with van der Waals surface area (Å²) in [5, 5.41) is 13.5. The van der Waals surface area contributed by atoms with Gasteiger partial charge in [-0.05, 0) is 27.7 Å². The van der Waals surface area contributed by atoms with Gasteiger partial charge in [-0.3, -0.25) is 0 Å². The molecule has 0 atom stereocenters. The Kier molecular flexibility index (Phi) is 11.2. The molecule has 0 aromatic carbocycles. The first-order valence-corrected chi connectivity index (χ1v) is 15.9. The van der Waals surface area contributed by atoms with E-state index in [0.717, 1.165) is 25.9 Å². The first-order valence-electron chi connectivity index (χ1n) is 13.2. The van der Waals surface area contributed by atoms with Gasteiger partial charge in [0.25, 0.3) is 0 Å². The van der Waals surface area contributed by atoms with Crippen molar-refractivity contribution < 1.29 is 71.5 Å². The lowest BCUT2D eigenvalue weighted by Crippen LogP contribution is -2.24. The van der Waals surface area contributed by atoms with E-state index in [1.54, 1.807) is 13.8 Å². The molecule has 24 heteroatoms. The van der Waals surface area contributed by atoms with E-state index < -0.39 is 91.7 Å². The molecule has 4 rings (SSSR count). The number of hydrogen-bond donors (Lipinski definition) is 0. The molecule has 0 saturated carbocycles. The van der Waals surface area contributed by atoms with E-state index in [9.17, 15) is 52.3 Å². The minimum atomic E-state index is -5.06. The molecule has 12 nitrogen and oxygen atoms in total. The molecule has 48 heavy (non-hydrogen) atoms. The molecule has 2 aromatic heterocycles. The molecule has 0 unspecified atom stereocenters. The summed E-state index contributed by atoms with van der Waals surface area (Å²) < 4.78 is 162. The van der Waals surface area contributed by atoms with E-state index in [1.165, 1.54) is 13.8 Å². The van der Waals surface area contributed by atoms with Crippen molar-refractivity contribution in [2.24, 2.45) is 24.4 Å². The smallest absolute Gasteiger partial charge is 0.417 e. The van der Waals surface area contributed by atoms with Crippen molar-refractivity contribution in [1.82, 2.24) is 19.6 Å². The molecule has 2 aliphatic rings. The van der Waals surface area contributed by atoms with Gasteiger partial charge >= 0.3 is 25.6 Å². The number of halogens is 10. The SMILES string of the molecule is Cn1nc(C(F)(F)F)c(CS(=O)(=O)C2=NOC(C)(C)C2)c1OC(F)F.Cn1nc(C(F)(F)F)c(CSC2=NOC(C)(C)C2)c1OC(F)F. The minimum Gasteiger partial charge on any atom is -0.417 e. The predicted octanol–water partition coefficient (Wildman–Crippen LogP) is 6.25. The number of thioether (sulfide) groups is 1. The van der Waals surface area contributed by atoms with Crippen LogP contribution in [0.3, 0.4) is 0 Å². The summed E-state index contributed by atoms with van der Waals surface area (Å²) in [7, 11) is -2.32. The van der Waals surface area contributed by atoms with Crippen LogP contribution in [0.15, 0.2) is 10.3 Å². The highest BCUT2D eigenvalue weighted by molar-refractivity contribution is 8.13. The maximum Gasteiger partial charge on any atom is 0.435 e. The van der Waals surface area contributed by atoms with Crippen molar-refractivity contribution in [3.05, 3.63) is 22.5 Å². The highest BCUT2D eigenvalue weighted by Gasteiger charge is 2.44. The van der Waals surface area contributed by atoms with Crippen LogP contribution < -0.4 is 9.47 Å². The number of sulfone groups is 1. The van der Waals surface area contributed by atoms with Crippen molar-refractivity contribution in [3.8, 4) is 11.8 Å². The normalized spacial score (nSPS) is 17.5. The Bertz CT molecular complexity index is 1650. The lowest BCUT2D eigenvalue weighted by Gasteiger charge is -2.13. The van der Waals surface area contributed by atoms with E-state index in [0.29, 0.717) is 20.8 Å². The number of nitrogens with zero attached hydrogens (tertiary/aromatic N) is 6. The van der Waals surface area contributed by atoms with Gasteiger partial charge in [-0.15, -0.1) is 11.8 Å². The molecule has 0 amide bonds. The van der Waals surface area contributed by atoms with Crippen LogP contribution in [-0.4, -0.2) is 62.5 Å². The fourth-order valence-corrected chi connectivity index (χ4v) is 6.80. The van der Waals surface area contributed by atoms with E-state index in [4.69, 9.17) is 9.68 Å². The standard InChI is InChI=1S/C12H14F5N3O4S.C12H14F5N3O2S/c1-11(2)4-7(19-24-11)25(21,22)5-6-8(12(15,16)17)18-20(3)9(6)23-10(13)14;1-11(2)4-7(19-22-11)23-5-6-8(12(15,16)17)18-20(3)9(6)21-10(13)14/h10H,4-5H2,1-3H3;10H,4-5H2,1-3H3. The molecule has 0 saturated heterocycles. The fraction of sp³-hybridized carbons (Fsp3) is 0.667. The number of rotatable bonds is 8. The number of aromatic nitrogens is 4. The Morgan fingerprint density at radius 3 is 1.62 bits per heavy atom. The average molecular weight is 751 g/mol. The minimum absolute atomic E-state index is 0.165. The molecule has 4 heterocycles. The summed E-state index contributed by atoms with van der Waals surface area (Å²) in [6.07, 6.45) is -9.57. The van der Waals surface area contributed by atoms with E-state index in [2.05, 4.69) is 30.0 Å². The molecular weight excluding hydrogens is 722 g/mol. The molecule has 2 aromatic rings. The van der Waals surface area contributed by atoms with E-state index >= 15 is 0 Å². The molecule has 0 radical (unpaired) electrons. The second-order valence-corrected chi connectivity index (χ2v) is 14.4. The number of aryl methyl sites for hydroxylation is 2. The summed E-state index contributed by atoms with van der Waals surface area (Å²) in [5.74, 6) is -3.11. The van der Waals surface area contributed by atoms with Crippen LogP contribution in [-0.2, 0) is 57.5 Å². The zero-order valence-corrected chi connectivity index (χ0v) is 27.3. The summed E-state index contributed by atoms with van der Waals surface area (Å²) in [5.41, 5.74) is -5.80. The number of alkyl halides is 10. The van der Waals surface area contributed by atoms with Gasteiger partial charge in [-0.1, -0.05) is 10.3 Å². The van der Waals surface area contributed by atoms with Gasteiger partial charge in [0.05, 0.1) is 16.9 Å². The Labute approximate surface area is 270 Å². The molecule has 272 valence electrons. The summed E-state index contributed by atoms with van der Waals surface area (Å²) in [4.78, 5) is 10.0. The van der Waals surface area contributed by atoms with Crippen molar-refractivity contribution >= 4 is 31.7 Å². The first-order chi connectivity index (χ1) is 21.7. The van der Waals surface area contributed by atoms with Gasteiger partial charge < -0.3 is 19.1 Å². The van der Waals surface area contributed by atoms with Crippen molar-refractivity contribution in [2.75, 3.05) is 0 Å². The zero-order chi connectivity index (χ0) is 36.6. The Hall–Kier alpha value is -3.44. The van der Waals surface area contributed by atoms with E-state index in [1.807, 2.05) is 0 Å². The Balaban J connectivity index is 0.000000261. The highest BCUT2D eigenvalue weighted by Crippen LogP contribution is 2.40. The van der Waals surface area contributed by atoms with Gasteiger partial charge in [0.2, 0.25) is 11.8 Å². The predicted molar refractivity (Wildman–Crippen MR) is 148 cm³/mol. The first kappa shape index (κ1) is 39.0. The number of ether oxygens (including phenoxy) is 2. The average Bonchev–Trinajstić information content (AvgIpc) is 3.63. The summed E-state index contributed by atoms with van der Waals surface area (Å²) in [6.45, 7) is -0.0721. The van der Waals surface area contributed by atoms with Crippen LogP contribution in [0.1, 0.15) is 63.1 Å². The van der Waals surface area contributed by atoms with Crippen molar-refractivity contribution in [2.45, 2.75) is 88.8 Å². The quantitative estimate of drug-likeness (QED) is 0.287. The second kappa shape index (κ2) is 13.8. The van der Waals surface area contributed by atoms with Crippen LogP contribution in [0.5, 0.6) is 11.8 Å². The number of oxime groups is 2. The third kappa shape index (κ3) is 9.81. The molecule has 2 aliphatic heterocycles. The van der Waals surface area contributed by atoms with Crippen LogP contribution in [0.2, 0.25) is 0 Å². The third-order valence-electron chi connectivity index (χ3n) is 6.13. The molecule has 0 fully saturated rings. The van der Waals surface area contributed by atoms with Crippen LogP contribution in [0, 0.1) is 0 Å². The van der Waals surface area contributed by atoms with Crippen molar-refractivity contribution in [1.29, 1.82) is 0 Å². The fourth-order valence-electron chi connectivity index (χ4n) is 4.16. The highest BCUT2D eigenvalue weighted by atomic mass is 32.2. The largest absolute Gasteiger partial charge is 0.435 e. The van der Waals surface area contributed by atoms with Crippen LogP contribution in [0.25, 0.3) is 0 Å². The summed E-state index contributed by atoms with van der Waals surface area (Å²) in [6, 6.07) is 0. The lowest BCUT2D eigenvalue weighted by atomic mass is 10.1.